The van der Waals surface area contributed by atoms with Crippen LogP contribution in [0.25, 0.3) is 0 Å². The van der Waals surface area contributed by atoms with Gasteiger partial charge in [-0.15, -0.1) is 0 Å². The van der Waals surface area contributed by atoms with E-state index in [0.717, 1.165) is 0 Å². The quantitative estimate of drug-likeness (QED) is 0.817. The van der Waals surface area contributed by atoms with Crippen molar-refractivity contribution in [2.75, 3.05) is 25.0 Å². The van der Waals surface area contributed by atoms with Crippen LogP contribution in [-0.4, -0.2) is 44.2 Å². The Hall–Kier alpha value is -1.31. The van der Waals surface area contributed by atoms with Crippen LogP contribution in [0.2, 0.25) is 5.02 Å². The molecule has 2 heterocycles. The molecule has 22 heavy (non-hydrogen) atoms. The van der Waals surface area contributed by atoms with Crippen LogP contribution in [-0.2, 0) is 10.0 Å². The molecule has 2 aliphatic heterocycles. The number of halogens is 1. The van der Waals surface area contributed by atoms with E-state index in [1.54, 1.807) is 29.2 Å². The summed E-state index contributed by atoms with van der Waals surface area (Å²) in [6.07, 6.45) is 1.17. The summed E-state index contributed by atoms with van der Waals surface area (Å²) in [7, 11) is -3.21. The number of benzene rings is 1. The fourth-order valence-electron chi connectivity index (χ4n) is 3.08. The van der Waals surface area contributed by atoms with E-state index in [0.29, 0.717) is 43.2 Å². The molecular formula is C14H18ClN3O3S. The molecule has 6 nitrogen and oxygen atoms in total. The van der Waals surface area contributed by atoms with Crippen molar-refractivity contribution in [3.8, 4) is 0 Å². The minimum absolute atomic E-state index is 0.0916. The smallest absolute Gasteiger partial charge is 0.321 e. The summed E-state index contributed by atoms with van der Waals surface area (Å²) in [5.74, 6) is 0.0916. The average molecular weight is 344 g/mol. The van der Waals surface area contributed by atoms with Crippen molar-refractivity contribution < 1.29 is 13.2 Å². The summed E-state index contributed by atoms with van der Waals surface area (Å²) in [4.78, 5) is 14.0. The lowest BCUT2D eigenvalue weighted by molar-refractivity contribution is 0.213. The molecule has 2 N–H and O–H groups in total. The Morgan fingerprint density at radius 3 is 2.86 bits per heavy atom. The molecule has 2 saturated heterocycles. The van der Waals surface area contributed by atoms with Crippen LogP contribution in [0, 0.1) is 5.92 Å². The van der Waals surface area contributed by atoms with E-state index < -0.39 is 10.0 Å². The second-order valence-corrected chi connectivity index (χ2v) is 8.12. The fourth-order valence-corrected chi connectivity index (χ4v) is 5.09. The molecule has 0 bridgehead atoms. The highest BCUT2D eigenvalue weighted by molar-refractivity contribution is 7.90. The van der Waals surface area contributed by atoms with Crippen molar-refractivity contribution in [2.45, 2.75) is 18.1 Å². The Bertz CT molecular complexity index is 680. The highest BCUT2D eigenvalue weighted by atomic mass is 35.5. The van der Waals surface area contributed by atoms with Gasteiger partial charge in [0.1, 0.15) is 0 Å². The first-order valence-electron chi connectivity index (χ1n) is 7.26. The molecule has 2 amide bonds. The van der Waals surface area contributed by atoms with E-state index in [4.69, 9.17) is 11.6 Å². The van der Waals surface area contributed by atoms with Gasteiger partial charge in [-0.25, -0.2) is 17.9 Å². The average Bonchev–Trinajstić information content (AvgIpc) is 2.64. The zero-order valence-corrected chi connectivity index (χ0v) is 13.5. The van der Waals surface area contributed by atoms with Gasteiger partial charge < -0.3 is 10.2 Å². The molecule has 0 aliphatic carbocycles. The summed E-state index contributed by atoms with van der Waals surface area (Å²) in [6.45, 7) is 1.48. The Morgan fingerprint density at radius 2 is 2.09 bits per heavy atom. The zero-order chi connectivity index (χ0) is 15.7. The second-order valence-electron chi connectivity index (χ2n) is 5.70. The van der Waals surface area contributed by atoms with Crippen molar-refractivity contribution in [2.24, 2.45) is 5.92 Å². The number of hydrogen-bond donors (Lipinski definition) is 2. The van der Waals surface area contributed by atoms with Crippen molar-refractivity contribution in [1.82, 2.24) is 9.62 Å². The second kappa shape index (κ2) is 6.06. The maximum Gasteiger partial charge on any atom is 0.321 e. The van der Waals surface area contributed by atoms with Crippen molar-refractivity contribution >= 4 is 33.3 Å². The van der Waals surface area contributed by atoms with Gasteiger partial charge in [-0.3, -0.25) is 0 Å². The first-order valence-corrected chi connectivity index (χ1v) is 9.18. The van der Waals surface area contributed by atoms with Crippen LogP contribution in [0.15, 0.2) is 24.3 Å². The number of rotatable bonds is 1. The fraction of sp³-hybridized carbons (Fsp3) is 0.500. The number of fused-ring (bicyclic) bond motifs is 1. The molecule has 0 radical (unpaired) electrons. The summed E-state index contributed by atoms with van der Waals surface area (Å²) in [5.41, 5.74) is 0.635. The molecule has 0 unspecified atom stereocenters. The van der Waals surface area contributed by atoms with Gasteiger partial charge in [0.25, 0.3) is 0 Å². The molecule has 8 heteroatoms. The van der Waals surface area contributed by atoms with Crippen molar-refractivity contribution in [1.29, 1.82) is 0 Å². The Balaban J connectivity index is 1.65. The number of urea groups is 1. The largest absolute Gasteiger partial charge is 0.324 e. The van der Waals surface area contributed by atoms with Crippen LogP contribution in [0.5, 0.6) is 0 Å². The predicted molar refractivity (Wildman–Crippen MR) is 85.5 cm³/mol. The third-order valence-electron chi connectivity index (χ3n) is 4.29. The number of anilines is 1. The lowest BCUT2D eigenvalue weighted by Gasteiger charge is -2.21. The number of carbonyl (C=O) groups is 1. The van der Waals surface area contributed by atoms with E-state index in [9.17, 15) is 13.2 Å². The first kappa shape index (κ1) is 15.6. The molecule has 0 aromatic heterocycles. The van der Waals surface area contributed by atoms with Crippen LogP contribution in [0.1, 0.15) is 12.8 Å². The van der Waals surface area contributed by atoms with E-state index in [1.807, 2.05) is 0 Å². The van der Waals surface area contributed by atoms with Crippen LogP contribution >= 0.6 is 11.6 Å². The lowest BCUT2D eigenvalue weighted by atomic mass is 10.0. The van der Waals surface area contributed by atoms with E-state index in [2.05, 4.69) is 10.0 Å². The molecule has 0 saturated carbocycles. The van der Waals surface area contributed by atoms with Gasteiger partial charge in [0, 0.05) is 30.3 Å². The molecule has 1 aromatic rings. The zero-order valence-electron chi connectivity index (χ0n) is 12.0. The van der Waals surface area contributed by atoms with Gasteiger partial charge in [0.15, 0.2) is 0 Å². The van der Waals surface area contributed by atoms with Crippen LogP contribution < -0.4 is 10.0 Å². The summed E-state index contributed by atoms with van der Waals surface area (Å²) in [6, 6.07) is 6.74. The normalized spacial score (nSPS) is 27.0. The number of likely N-dealkylation sites (tertiary alicyclic amines) is 1. The number of nitrogens with zero attached hydrogens (tertiary/aromatic N) is 1. The monoisotopic (exact) mass is 343 g/mol. The van der Waals surface area contributed by atoms with Gasteiger partial charge in [-0.05, 0) is 37.0 Å². The molecule has 2 aliphatic rings. The Kier molecular flexibility index (Phi) is 4.29. The summed E-state index contributed by atoms with van der Waals surface area (Å²) in [5, 5.41) is 2.98. The minimum Gasteiger partial charge on any atom is -0.324 e. The third-order valence-corrected chi connectivity index (χ3v) is 6.51. The predicted octanol–water partition coefficient (Wildman–Crippen LogP) is 1.89. The first-order chi connectivity index (χ1) is 10.5. The molecular weight excluding hydrogens is 326 g/mol. The maximum absolute atomic E-state index is 12.3. The van der Waals surface area contributed by atoms with Gasteiger partial charge in [-0.1, -0.05) is 17.7 Å². The summed E-state index contributed by atoms with van der Waals surface area (Å²) < 4.78 is 26.4. The van der Waals surface area contributed by atoms with Gasteiger partial charge in [0.05, 0.1) is 5.25 Å². The SMILES string of the molecule is O=C(Nc1cccc(Cl)c1)N1CC[C@@H]2CNS(=O)(=O)[C@@H]2CC1. The minimum atomic E-state index is -3.21. The molecule has 3 rings (SSSR count). The van der Waals surface area contributed by atoms with E-state index in [-0.39, 0.29) is 17.2 Å². The van der Waals surface area contributed by atoms with E-state index >= 15 is 0 Å². The summed E-state index contributed by atoms with van der Waals surface area (Å²) >= 11 is 5.90. The van der Waals surface area contributed by atoms with Gasteiger partial charge in [-0.2, -0.15) is 0 Å². The third kappa shape index (κ3) is 3.21. The van der Waals surface area contributed by atoms with E-state index in [1.165, 1.54) is 0 Å². The Labute approximate surface area is 134 Å². The molecule has 2 atom stereocenters. The number of hydrogen-bond acceptors (Lipinski definition) is 3. The Morgan fingerprint density at radius 1 is 1.32 bits per heavy atom. The van der Waals surface area contributed by atoms with Crippen LogP contribution in [0.3, 0.4) is 0 Å². The van der Waals surface area contributed by atoms with Gasteiger partial charge in [0.2, 0.25) is 10.0 Å². The molecule has 2 fully saturated rings. The van der Waals surface area contributed by atoms with Crippen LogP contribution in [0.4, 0.5) is 10.5 Å². The standard InChI is InChI=1S/C14H18ClN3O3S/c15-11-2-1-3-12(8-11)17-14(19)18-6-4-10-9-16-22(20,21)13(10)5-7-18/h1-3,8,10,13,16H,4-7,9H2,(H,17,19)/t10-,13-/m1/s1. The van der Waals surface area contributed by atoms with Crippen molar-refractivity contribution in [3.63, 3.8) is 0 Å². The number of sulfonamides is 1. The van der Waals surface area contributed by atoms with Gasteiger partial charge >= 0.3 is 6.03 Å². The topological polar surface area (TPSA) is 78.5 Å². The lowest BCUT2D eigenvalue weighted by Crippen LogP contribution is -2.36. The number of carbonyl (C=O) groups excluding carboxylic acids is 1. The highest BCUT2D eigenvalue weighted by Gasteiger charge is 2.41. The maximum atomic E-state index is 12.3. The number of nitrogens with one attached hydrogen (secondary N) is 2. The number of amides is 2. The molecule has 1 aromatic carbocycles. The molecule has 0 spiro atoms. The van der Waals surface area contributed by atoms with Crippen molar-refractivity contribution in [3.05, 3.63) is 29.3 Å². The molecule has 120 valence electrons. The highest BCUT2D eigenvalue weighted by Crippen LogP contribution is 2.28.